The van der Waals surface area contributed by atoms with Crippen LogP contribution in [0, 0.1) is 20.2 Å². The SMILES string of the molecule is CCN(CC)C(=O)c1ccc(NC(=S)NC(=O)c2cc([N+](=O)[O-])cc([N+](=O)[O-])c2)cc1. The van der Waals surface area contributed by atoms with E-state index < -0.39 is 27.1 Å². The molecule has 0 saturated heterocycles. The highest BCUT2D eigenvalue weighted by atomic mass is 32.1. The zero-order chi connectivity index (χ0) is 23.1. The van der Waals surface area contributed by atoms with E-state index in [4.69, 9.17) is 12.2 Å². The van der Waals surface area contributed by atoms with Crippen molar-refractivity contribution in [3.63, 3.8) is 0 Å². The molecule has 162 valence electrons. The number of hydrogen-bond donors (Lipinski definition) is 2. The van der Waals surface area contributed by atoms with Crippen molar-refractivity contribution in [3.05, 3.63) is 73.8 Å². The quantitative estimate of drug-likeness (QED) is 0.375. The largest absolute Gasteiger partial charge is 0.339 e. The highest BCUT2D eigenvalue weighted by molar-refractivity contribution is 7.80. The third-order valence-corrected chi connectivity index (χ3v) is 4.46. The average molecular weight is 445 g/mol. The minimum atomic E-state index is -0.849. The highest BCUT2D eigenvalue weighted by Gasteiger charge is 2.20. The summed E-state index contributed by atoms with van der Waals surface area (Å²) < 4.78 is 0. The summed E-state index contributed by atoms with van der Waals surface area (Å²) in [6, 6.07) is 9.01. The lowest BCUT2D eigenvalue weighted by atomic mass is 10.1. The van der Waals surface area contributed by atoms with Crippen LogP contribution in [0.1, 0.15) is 34.6 Å². The Morgan fingerprint density at radius 2 is 1.45 bits per heavy atom. The maximum atomic E-state index is 12.3. The van der Waals surface area contributed by atoms with E-state index in [-0.39, 0.29) is 16.6 Å². The molecular weight excluding hydrogens is 426 g/mol. The van der Waals surface area contributed by atoms with Crippen LogP contribution in [0.2, 0.25) is 0 Å². The van der Waals surface area contributed by atoms with Crippen molar-refractivity contribution in [2.24, 2.45) is 0 Å². The van der Waals surface area contributed by atoms with Crippen molar-refractivity contribution in [2.75, 3.05) is 18.4 Å². The highest BCUT2D eigenvalue weighted by Crippen LogP contribution is 2.22. The number of carbonyl (C=O) groups is 2. The van der Waals surface area contributed by atoms with Crippen LogP contribution in [-0.2, 0) is 0 Å². The summed E-state index contributed by atoms with van der Waals surface area (Å²) in [5.41, 5.74) is -0.483. The topological polar surface area (TPSA) is 148 Å². The van der Waals surface area contributed by atoms with E-state index >= 15 is 0 Å². The fraction of sp³-hybridized carbons (Fsp3) is 0.211. The fourth-order valence-corrected chi connectivity index (χ4v) is 2.87. The number of amides is 2. The Morgan fingerprint density at radius 1 is 0.935 bits per heavy atom. The molecule has 0 atom stereocenters. The number of hydrogen-bond acceptors (Lipinski definition) is 7. The zero-order valence-electron chi connectivity index (χ0n) is 16.7. The van der Waals surface area contributed by atoms with Crippen LogP contribution >= 0.6 is 12.2 Å². The number of benzene rings is 2. The van der Waals surface area contributed by atoms with Gasteiger partial charge in [0.1, 0.15) is 0 Å². The second kappa shape index (κ2) is 10.2. The number of nitro benzene ring substituents is 2. The number of anilines is 1. The normalized spacial score (nSPS) is 10.1. The van der Waals surface area contributed by atoms with E-state index in [1.165, 1.54) is 0 Å². The lowest BCUT2D eigenvalue weighted by Gasteiger charge is -2.18. The second-order valence-corrected chi connectivity index (χ2v) is 6.62. The number of carbonyl (C=O) groups excluding carboxylic acids is 2. The second-order valence-electron chi connectivity index (χ2n) is 6.22. The molecule has 0 saturated carbocycles. The number of nitrogens with zero attached hydrogens (tertiary/aromatic N) is 3. The van der Waals surface area contributed by atoms with Crippen molar-refractivity contribution in [3.8, 4) is 0 Å². The predicted octanol–water partition coefficient (Wildman–Crippen LogP) is 3.11. The first kappa shape index (κ1) is 23.3. The molecule has 0 unspecified atom stereocenters. The average Bonchev–Trinajstić information content (AvgIpc) is 2.74. The number of nitro groups is 2. The Balaban J connectivity index is 2.09. The third kappa shape index (κ3) is 6.02. The summed E-state index contributed by atoms with van der Waals surface area (Å²) in [7, 11) is 0. The summed E-state index contributed by atoms with van der Waals surface area (Å²) in [5.74, 6) is -0.961. The van der Waals surface area contributed by atoms with Crippen LogP contribution in [0.5, 0.6) is 0 Å². The molecule has 0 aliphatic heterocycles. The maximum Gasteiger partial charge on any atom is 0.277 e. The van der Waals surface area contributed by atoms with E-state index in [9.17, 15) is 29.8 Å². The van der Waals surface area contributed by atoms with Gasteiger partial charge in [0.25, 0.3) is 23.2 Å². The predicted molar refractivity (Wildman–Crippen MR) is 117 cm³/mol. The van der Waals surface area contributed by atoms with Crippen LogP contribution in [0.3, 0.4) is 0 Å². The summed E-state index contributed by atoms with van der Waals surface area (Å²) in [5, 5.41) is 26.8. The molecule has 0 heterocycles. The van der Waals surface area contributed by atoms with Crippen LogP contribution in [0.15, 0.2) is 42.5 Å². The first-order valence-electron chi connectivity index (χ1n) is 9.11. The molecular formula is C19H19N5O6S. The molecule has 0 aliphatic rings. The van der Waals surface area contributed by atoms with Crippen molar-refractivity contribution in [2.45, 2.75) is 13.8 Å². The lowest BCUT2D eigenvalue weighted by molar-refractivity contribution is -0.394. The Morgan fingerprint density at radius 3 is 1.90 bits per heavy atom. The van der Waals surface area contributed by atoms with Gasteiger partial charge in [-0.15, -0.1) is 0 Å². The van der Waals surface area contributed by atoms with Crippen LogP contribution < -0.4 is 10.6 Å². The van der Waals surface area contributed by atoms with E-state index in [2.05, 4.69) is 10.6 Å². The molecule has 2 aromatic carbocycles. The first-order valence-corrected chi connectivity index (χ1v) is 9.52. The van der Waals surface area contributed by atoms with E-state index in [1.54, 1.807) is 29.2 Å². The number of thiocarbonyl (C=S) groups is 1. The Hall–Kier alpha value is -3.93. The monoisotopic (exact) mass is 445 g/mol. The van der Waals surface area contributed by atoms with Gasteiger partial charge in [0.05, 0.1) is 21.5 Å². The van der Waals surface area contributed by atoms with Gasteiger partial charge in [0.15, 0.2) is 5.11 Å². The van der Waals surface area contributed by atoms with Crippen LogP contribution in [0.4, 0.5) is 17.1 Å². The Bertz CT molecular complexity index is 1000. The Kier molecular flexibility index (Phi) is 7.69. The minimum Gasteiger partial charge on any atom is -0.339 e. The standard InChI is InChI=1S/C19H19N5O6S/c1-3-22(4-2)18(26)12-5-7-14(8-6-12)20-19(31)21-17(25)13-9-15(23(27)28)11-16(10-13)24(29)30/h5-11H,3-4H2,1-2H3,(H2,20,21,25,31). The van der Waals surface area contributed by atoms with Gasteiger partial charge in [-0.25, -0.2) is 0 Å². The van der Waals surface area contributed by atoms with E-state index in [1.807, 2.05) is 13.8 Å². The van der Waals surface area contributed by atoms with Gasteiger partial charge in [-0.1, -0.05) is 0 Å². The molecule has 0 fully saturated rings. The lowest BCUT2D eigenvalue weighted by Crippen LogP contribution is -2.34. The smallest absolute Gasteiger partial charge is 0.277 e. The molecule has 2 amide bonds. The van der Waals surface area contributed by atoms with Crippen molar-refractivity contribution in [1.82, 2.24) is 10.2 Å². The summed E-state index contributed by atoms with van der Waals surface area (Å²) in [6.45, 7) is 4.94. The molecule has 31 heavy (non-hydrogen) atoms. The van der Waals surface area contributed by atoms with Crippen molar-refractivity contribution in [1.29, 1.82) is 0 Å². The molecule has 2 aromatic rings. The van der Waals surface area contributed by atoms with Crippen LogP contribution in [0.25, 0.3) is 0 Å². The molecule has 0 radical (unpaired) electrons. The molecule has 0 spiro atoms. The summed E-state index contributed by atoms with van der Waals surface area (Å²) in [4.78, 5) is 46.6. The number of non-ortho nitro benzene ring substituents is 2. The van der Waals surface area contributed by atoms with Crippen molar-refractivity contribution >= 4 is 46.2 Å². The number of rotatable bonds is 7. The van der Waals surface area contributed by atoms with Gasteiger partial charge in [0.2, 0.25) is 0 Å². The zero-order valence-corrected chi connectivity index (χ0v) is 17.5. The molecule has 2 rings (SSSR count). The Labute approximate surface area is 182 Å². The van der Waals surface area contributed by atoms with Gasteiger partial charge >= 0.3 is 0 Å². The van der Waals surface area contributed by atoms with Gasteiger partial charge in [-0.2, -0.15) is 0 Å². The van der Waals surface area contributed by atoms with Crippen LogP contribution in [-0.4, -0.2) is 44.8 Å². The minimum absolute atomic E-state index is 0.111. The third-order valence-electron chi connectivity index (χ3n) is 4.25. The first-order chi connectivity index (χ1) is 14.7. The molecule has 12 heteroatoms. The summed E-state index contributed by atoms with van der Waals surface area (Å²) >= 11 is 5.06. The summed E-state index contributed by atoms with van der Waals surface area (Å²) in [6.07, 6.45) is 0. The van der Waals surface area contributed by atoms with Gasteiger partial charge in [-0.05, 0) is 50.3 Å². The molecule has 0 aliphatic carbocycles. The number of nitrogens with one attached hydrogen (secondary N) is 2. The van der Waals surface area contributed by atoms with E-state index in [0.29, 0.717) is 24.3 Å². The maximum absolute atomic E-state index is 12.3. The van der Waals surface area contributed by atoms with Gasteiger partial charge in [0, 0.05) is 36.5 Å². The van der Waals surface area contributed by atoms with E-state index in [0.717, 1.165) is 18.2 Å². The van der Waals surface area contributed by atoms with Gasteiger partial charge in [-0.3, -0.25) is 35.1 Å². The fourth-order valence-electron chi connectivity index (χ4n) is 2.66. The molecule has 11 nitrogen and oxygen atoms in total. The van der Waals surface area contributed by atoms with Gasteiger partial charge < -0.3 is 10.2 Å². The molecule has 2 N–H and O–H groups in total. The molecule has 0 aromatic heterocycles. The van der Waals surface area contributed by atoms with Crippen molar-refractivity contribution < 1.29 is 19.4 Å². The molecule has 0 bridgehead atoms.